The minimum absolute atomic E-state index is 0.127. The standard InChI is InChI=1S/C22H28F3N5O3/c1-11-6-15(28-17(11)22(23,24)25)20(33)29-16(7-12-4-5-12)19(32)27-14(10-26)8-13-9-21(2,3)30-18(13)31/h6,12-14,16,28H,4-5,7-9H2,1-3H3,(H,27,32)(H,29,33)(H,30,31)/t13-,14+,16+/m1/s1. The van der Waals surface area contributed by atoms with Crippen LogP contribution in [0.1, 0.15) is 67.7 Å². The van der Waals surface area contributed by atoms with Gasteiger partial charge in [-0.15, -0.1) is 0 Å². The van der Waals surface area contributed by atoms with Crippen LogP contribution in [0, 0.1) is 30.1 Å². The van der Waals surface area contributed by atoms with Crippen LogP contribution in [0.2, 0.25) is 0 Å². The third kappa shape index (κ3) is 6.27. The quantitative estimate of drug-likeness (QED) is 0.469. The van der Waals surface area contributed by atoms with Crippen molar-refractivity contribution >= 4 is 17.7 Å². The molecule has 2 heterocycles. The average Bonchev–Trinajstić information content (AvgIpc) is 3.35. The fourth-order valence-electron chi connectivity index (χ4n) is 4.22. The molecule has 0 spiro atoms. The number of alkyl halides is 3. The van der Waals surface area contributed by atoms with Crippen molar-refractivity contribution in [2.45, 2.75) is 76.7 Å². The van der Waals surface area contributed by atoms with Crippen molar-refractivity contribution in [1.82, 2.24) is 20.9 Å². The molecular formula is C22H28F3N5O3. The molecule has 1 aromatic rings. The van der Waals surface area contributed by atoms with Crippen molar-refractivity contribution in [2.75, 3.05) is 0 Å². The lowest BCUT2D eigenvalue weighted by Crippen LogP contribution is -2.50. The van der Waals surface area contributed by atoms with Gasteiger partial charge < -0.3 is 20.9 Å². The fourth-order valence-corrected chi connectivity index (χ4v) is 4.22. The molecule has 1 aromatic heterocycles. The Morgan fingerprint density at radius 3 is 2.42 bits per heavy atom. The molecule has 1 aliphatic heterocycles. The SMILES string of the molecule is Cc1cc(C(=O)N[C@@H](CC2CC2)C(=O)N[C@H](C#N)C[C@@H]2CC(C)(C)NC2=O)[nH]c1C(F)(F)F. The number of carbonyl (C=O) groups excluding carboxylic acids is 3. The summed E-state index contributed by atoms with van der Waals surface area (Å²) >= 11 is 0. The van der Waals surface area contributed by atoms with E-state index in [0.717, 1.165) is 18.9 Å². The van der Waals surface area contributed by atoms with Gasteiger partial charge in [0, 0.05) is 11.5 Å². The number of rotatable bonds is 8. The van der Waals surface area contributed by atoms with Gasteiger partial charge >= 0.3 is 6.18 Å². The van der Waals surface area contributed by atoms with Crippen molar-refractivity contribution in [3.8, 4) is 6.07 Å². The first-order valence-corrected chi connectivity index (χ1v) is 10.9. The van der Waals surface area contributed by atoms with Crippen LogP contribution >= 0.6 is 0 Å². The van der Waals surface area contributed by atoms with Crippen molar-refractivity contribution in [3.05, 3.63) is 23.0 Å². The minimum atomic E-state index is -4.63. The Labute approximate surface area is 189 Å². The smallest absolute Gasteiger partial charge is 0.351 e. The van der Waals surface area contributed by atoms with Gasteiger partial charge in [0.2, 0.25) is 11.8 Å². The van der Waals surface area contributed by atoms with Crippen molar-refractivity contribution in [3.63, 3.8) is 0 Å². The topological polar surface area (TPSA) is 127 Å². The van der Waals surface area contributed by atoms with E-state index in [0.29, 0.717) is 12.8 Å². The second-order valence-corrected chi connectivity index (χ2v) is 9.64. The first kappa shape index (κ1) is 24.6. The van der Waals surface area contributed by atoms with E-state index < -0.39 is 47.2 Å². The second-order valence-electron chi connectivity index (χ2n) is 9.64. The number of carbonyl (C=O) groups is 3. The highest BCUT2D eigenvalue weighted by Gasteiger charge is 2.40. The van der Waals surface area contributed by atoms with Gasteiger partial charge in [0.05, 0.1) is 6.07 Å². The largest absolute Gasteiger partial charge is 0.431 e. The molecule has 2 aliphatic rings. The number of nitrogens with zero attached hydrogens (tertiary/aromatic N) is 1. The van der Waals surface area contributed by atoms with Crippen LogP contribution < -0.4 is 16.0 Å². The maximum absolute atomic E-state index is 13.0. The van der Waals surface area contributed by atoms with E-state index in [1.165, 1.54) is 6.92 Å². The maximum atomic E-state index is 13.0. The molecule has 0 aromatic carbocycles. The monoisotopic (exact) mass is 467 g/mol. The third-order valence-corrected chi connectivity index (χ3v) is 6.01. The Balaban J connectivity index is 1.66. The molecule has 1 saturated heterocycles. The van der Waals surface area contributed by atoms with Crippen LogP contribution in [0.25, 0.3) is 0 Å². The number of H-pyrrole nitrogens is 1. The zero-order valence-electron chi connectivity index (χ0n) is 18.7. The van der Waals surface area contributed by atoms with Crippen LogP contribution in [0.5, 0.6) is 0 Å². The van der Waals surface area contributed by atoms with Crippen molar-refractivity contribution in [1.29, 1.82) is 5.26 Å². The molecule has 0 radical (unpaired) electrons. The molecule has 1 aliphatic carbocycles. The number of hydrogen-bond donors (Lipinski definition) is 4. The molecular weight excluding hydrogens is 439 g/mol. The molecule has 0 bridgehead atoms. The number of aromatic nitrogens is 1. The summed E-state index contributed by atoms with van der Waals surface area (Å²) in [5.74, 6) is -1.82. The lowest BCUT2D eigenvalue weighted by Gasteiger charge is -2.21. The Kier molecular flexibility index (Phi) is 6.77. The minimum Gasteiger partial charge on any atom is -0.351 e. The summed E-state index contributed by atoms with van der Waals surface area (Å²) in [5.41, 5.74) is -1.83. The summed E-state index contributed by atoms with van der Waals surface area (Å²) in [5, 5.41) is 17.4. The first-order chi connectivity index (χ1) is 15.3. The van der Waals surface area contributed by atoms with Crippen molar-refractivity contribution in [2.24, 2.45) is 11.8 Å². The lowest BCUT2D eigenvalue weighted by atomic mass is 9.92. The Morgan fingerprint density at radius 2 is 1.94 bits per heavy atom. The van der Waals surface area contributed by atoms with Gasteiger partial charge in [0.25, 0.3) is 5.91 Å². The highest BCUT2D eigenvalue weighted by Crippen LogP contribution is 2.34. The fraction of sp³-hybridized carbons (Fsp3) is 0.636. The summed E-state index contributed by atoms with van der Waals surface area (Å²) in [6.07, 6.45) is -1.88. The van der Waals surface area contributed by atoms with Crippen LogP contribution in [0.4, 0.5) is 13.2 Å². The van der Waals surface area contributed by atoms with E-state index in [1.54, 1.807) is 0 Å². The van der Waals surface area contributed by atoms with Gasteiger partial charge in [0.15, 0.2) is 0 Å². The molecule has 3 atom stereocenters. The molecule has 8 nitrogen and oxygen atoms in total. The Hall–Kier alpha value is -3.03. The highest BCUT2D eigenvalue weighted by atomic mass is 19.4. The van der Waals surface area contributed by atoms with Gasteiger partial charge in [-0.25, -0.2) is 0 Å². The van der Waals surface area contributed by atoms with E-state index in [9.17, 15) is 32.8 Å². The summed E-state index contributed by atoms with van der Waals surface area (Å²) < 4.78 is 39.1. The maximum Gasteiger partial charge on any atom is 0.431 e. The Morgan fingerprint density at radius 1 is 1.27 bits per heavy atom. The lowest BCUT2D eigenvalue weighted by molar-refractivity contribution is -0.141. The molecule has 4 N–H and O–H groups in total. The van der Waals surface area contributed by atoms with Gasteiger partial charge in [-0.05, 0) is 57.6 Å². The highest BCUT2D eigenvalue weighted by molar-refractivity contribution is 5.96. The number of nitriles is 1. The molecule has 33 heavy (non-hydrogen) atoms. The zero-order valence-corrected chi connectivity index (χ0v) is 18.7. The van der Waals surface area contributed by atoms with E-state index in [2.05, 4.69) is 20.9 Å². The van der Waals surface area contributed by atoms with E-state index in [1.807, 2.05) is 19.9 Å². The summed E-state index contributed by atoms with van der Waals surface area (Å²) in [4.78, 5) is 39.7. The molecule has 3 amide bonds. The normalized spacial score (nSPS) is 21.6. The number of nitrogens with one attached hydrogen (secondary N) is 4. The molecule has 0 unspecified atom stereocenters. The number of halogens is 3. The summed E-state index contributed by atoms with van der Waals surface area (Å²) in [6, 6.07) is 1.13. The number of aromatic amines is 1. The van der Waals surface area contributed by atoms with Crippen LogP contribution in [-0.4, -0.2) is 40.3 Å². The van der Waals surface area contributed by atoms with Crippen LogP contribution in [0.3, 0.4) is 0 Å². The molecule has 11 heteroatoms. The van der Waals surface area contributed by atoms with Crippen molar-refractivity contribution < 1.29 is 27.6 Å². The van der Waals surface area contributed by atoms with E-state index >= 15 is 0 Å². The number of amides is 3. The predicted octanol–water partition coefficient (Wildman–Crippen LogP) is 2.55. The first-order valence-electron chi connectivity index (χ1n) is 10.9. The molecule has 1 saturated carbocycles. The zero-order chi connectivity index (χ0) is 24.6. The van der Waals surface area contributed by atoms with E-state index in [-0.39, 0.29) is 29.5 Å². The number of aryl methyl sites for hydroxylation is 1. The number of hydrogen-bond acceptors (Lipinski definition) is 4. The van der Waals surface area contributed by atoms with Crippen LogP contribution in [0.15, 0.2) is 6.07 Å². The van der Waals surface area contributed by atoms with Gasteiger partial charge in [-0.2, -0.15) is 18.4 Å². The molecule has 2 fully saturated rings. The Bertz CT molecular complexity index is 975. The third-order valence-electron chi connectivity index (χ3n) is 6.01. The van der Waals surface area contributed by atoms with Gasteiger partial charge in [0.1, 0.15) is 23.5 Å². The summed E-state index contributed by atoms with van der Waals surface area (Å²) in [7, 11) is 0. The van der Waals surface area contributed by atoms with Gasteiger partial charge in [-0.3, -0.25) is 14.4 Å². The molecule has 180 valence electrons. The average molecular weight is 467 g/mol. The second kappa shape index (κ2) is 9.08. The molecule has 3 rings (SSSR count). The summed E-state index contributed by atoms with van der Waals surface area (Å²) in [6.45, 7) is 4.99. The van der Waals surface area contributed by atoms with Crippen LogP contribution in [-0.2, 0) is 15.8 Å². The van der Waals surface area contributed by atoms with Gasteiger partial charge in [-0.1, -0.05) is 12.8 Å². The van der Waals surface area contributed by atoms with E-state index in [4.69, 9.17) is 0 Å². The predicted molar refractivity (Wildman–Crippen MR) is 112 cm³/mol.